The number of hydrogen-bond donors (Lipinski definition) is 0. The molecule has 0 radical (unpaired) electrons. The van der Waals surface area contributed by atoms with Gasteiger partial charge in [-0.05, 0) is 43.1 Å². The second kappa shape index (κ2) is 5.76. The van der Waals surface area contributed by atoms with Gasteiger partial charge in [-0.1, -0.05) is 25.7 Å². The predicted molar refractivity (Wildman–Crippen MR) is 94.0 cm³/mol. The van der Waals surface area contributed by atoms with Crippen LogP contribution in [0.2, 0.25) is 19.6 Å². The lowest BCUT2D eigenvalue weighted by Gasteiger charge is -2.39. The van der Waals surface area contributed by atoms with Gasteiger partial charge in [-0.2, -0.15) is 0 Å². The highest BCUT2D eigenvalue weighted by Crippen LogP contribution is 2.59. The fraction of sp³-hybridized carbons (Fsp3) is 0.667. The van der Waals surface area contributed by atoms with E-state index in [-0.39, 0.29) is 23.5 Å². The van der Waals surface area contributed by atoms with Gasteiger partial charge < -0.3 is 9.47 Å². The highest BCUT2D eigenvalue weighted by molar-refractivity contribution is 6.82. The molecule has 2 aliphatic heterocycles. The van der Waals surface area contributed by atoms with Crippen molar-refractivity contribution in [3.63, 3.8) is 0 Å². The third kappa shape index (κ3) is 2.42. The maximum atomic E-state index is 12.8. The molecule has 1 aliphatic carbocycles. The highest BCUT2D eigenvalue weighted by atomic mass is 28.3. The Morgan fingerprint density at radius 2 is 2.21 bits per heavy atom. The average Bonchev–Trinajstić information content (AvgIpc) is 3.04. The number of amides is 1. The van der Waals surface area contributed by atoms with E-state index in [0.29, 0.717) is 6.42 Å². The molecule has 0 spiro atoms. The van der Waals surface area contributed by atoms with E-state index in [4.69, 9.17) is 9.47 Å². The number of rotatable bonds is 5. The van der Waals surface area contributed by atoms with Crippen molar-refractivity contribution in [3.05, 3.63) is 23.6 Å². The van der Waals surface area contributed by atoms with Crippen molar-refractivity contribution in [1.82, 2.24) is 4.90 Å². The molecule has 0 N–H and O–H groups in total. The van der Waals surface area contributed by atoms with Gasteiger partial charge in [0.15, 0.2) is 0 Å². The fourth-order valence-corrected chi connectivity index (χ4v) is 6.38. The largest absolute Gasteiger partial charge is 0.467 e. The topological polar surface area (TPSA) is 55.8 Å². The summed E-state index contributed by atoms with van der Waals surface area (Å²) in [6.07, 6.45) is 6.00. The molecule has 1 saturated heterocycles. The van der Waals surface area contributed by atoms with E-state index in [2.05, 4.69) is 26.2 Å². The van der Waals surface area contributed by atoms with Gasteiger partial charge in [0.1, 0.15) is 14.1 Å². The maximum absolute atomic E-state index is 12.8. The summed E-state index contributed by atoms with van der Waals surface area (Å²) in [6.45, 7) is 10.5. The van der Waals surface area contributed by atoms with Gasteiger partial charge in [-0.25, -0.2) is 9.59 Å². The molecule has 24 heavy (non-hydrogen) atoms. The summed E-state index contributed by atoms with van der Waals surface area (Å²) in [6, 6.07) is -0.541. The minimum Gasteiger partial charge on any atom is -0.467 e. The second-order valence-corrected chi connectivity index (χ2v) is 13.2. The number of ether oxygens (including phenoxy) is 2. The van der Waals surface area contributed by atoms with Crippen LogP contribution in [0.5, 0.6) is 0 Å². The third-order valence-corrected chi connectivity index (χ3v) is 7.49. The van der Waals surface area contributed by atoms with E-state index in [1.165, 1.54) is 12.7 Å². The Balaban J connectivity index is 2.10. The number of cyclic esters (lactones) is 1. The van der Waals surface area contributed by atoms with Crippen molar-refractivity contribution in [2.75, 3.05) is 7.11 Å². The van der Waals surface area contributed by atoms with Crippen LogP contribution in [-0.2, 0) is 14.3 Å². The summed E-state index contributed by atoms with van der Waals surface area (Å²) >= 11 is 0. The van der Waals surface area contributed by atoms with E-state index < -0.39 is 14.1 Å². The van der Waals surface area contributed by atoms with Crippen LogP contribution in [0.4, 0.5) is 4.79 Å². The fourth-order valence-electron chi connectivity index (χ4n) is 4.76. The first-order valence-electron chi connectivity index (χ1n) is 8.67. The van der Waals surface area contributed by atoms with Crippen molar-refractivity contribution in [3.8, 4) is 0 Å². The molecular formula is C18H27NO4Si. The summed E-state index contributed by atoms with van der Waals surface area (Å²) in [7, 11) is -0.382. The molecule has 2 fully saturated rings. The SMILES string of the molecule is C=CCC[C@@]12CCC3=C([Si](C)(C)C)OC(=O)N([C@@H]31)[C@H](C(=O)OC)C2. The molecule has 0 aromatic rings. The molecule has 3 atom stereocenters. The van der Waals surface area contributed by atoms with Crippen molar-refractivity contribution in [1.29, 1.82) is 0 Å². The number of methoxy groups -OCH3 is 1. The molecule has 3 rings (SSSR count). The molecule has 3 aliphatic rings. The zero-order valence-electron chi connectivity index (χ0n) is 15.1. The lowest BCUT2D eigenvalue weighted by Crippen LogP contribution is -2.52. The molecule has 5 nitrogen and oxygen atoms in total. The molecule has 0 aromatic heterocycles. The molecule has 1 saturated carbocycles. The van der Waals surface area contributed by atoms with Gasteiger partial charge in [0, 0.05) is 0 Å². The molecular weight excluding hydrogens is 322 g/mol. The Morgan fingerprint density at radius 1 is 1.50 bits per heavy atom. The first-order chi connectivity index (χ1) is 11.2. The Bertz CT molecular complexity index is 621. The van der Waals surface area contributed by atoms with E-state index >= 15 is 0 Å². The summed E-state index contributed by atoms with van der Waals surface area (Å²) in [4.78, 5) is 26.7. The lowest BCUT2D eigenvalue weighted by molar-refractivity contribution is -0.145. The smallest absolute Gasteiger partial charge is 0.415 e. The Hall–Kier alpha value is -1.56. The van der Waals surface area contributed by atoms with E-state index in [1.807, 2.05) is 6.08 Å². The third-order valence-electron chi connectivity index (χ3n) is 5.71. The molecule has 0 bridgehead atoms. The van der Waals surface area contributed by atoms with Crippen LogP contribution in [0.3, 0.4) is 0 Å². The van der Waals surface area contributed by atoms with Gasteiger partial charge in [-0.3, -0.25) is 4.90 Å². The zero-order valence-corrected chi connectivity index (χ0v) is 16.1. The molecule has 132 valence electrons. The Morgan fingerprint density at radius 3 is 2.79 bits per heavy atom. The zero-order chi connectivity index (χ0) is 17.7. The normalized spacial score (nSPS) is 31.8. The van der Waals surface area contributed by atoms with Crippen LogP contribution in [-0.4, -0.2) is 44.2 Å². The number of hydrogen-bond acceptors (Lipinski definition) is 4. The molecule has 6 heteroatoms. The number of nitrogens with zero attached hydrogens (tertiary/aromatic N) is 1. The number of esters is 1. The summed E-state index contributed by atoms with van der Waals surface area (Å²) < 4.78 is 10.7. The summed E-state index contributed by atoms with van der Waals surface area (Å²) in [5.41, 5.74) is 1.21. The van der Waals surface area contributed by atoms with Crippen molar-refractivity contribution < 1.29 is 19.1 Å². The second-order valence-electron chi connectivity index (χ2n) is 8.21. The minimum absolute atomic E-state index is 0.00970. The minimum atomic E-state index is -1.76. The van der Waals surface area contributed by atoms with Gasteiger partial charge in [0.05, 0.1) is 18.5 Å². The van der Waals surface area contributed by atoms with Gasteiger partial charge in [-0.15, -0.1) is 6.58 Å². The van der Waals surface area contributed by atoms with Crippen molar-refractivity contribution >= 4 is 20.1 Å². The van der Waals surface area contributed by atoms with Crippen LogP contribution < -0.4 is 0 Å². The number of carbonyl (C=O) groups is 2. The van der Waals surface area contributed by atoms with Crippen LogP contribution in [0.1, 0.15) is 32.1 Å². The standard InChI is InChI=1S/C18H27NO4Si/c1-6-7-9-18-10-8-12-14(18)19(13(11-18)15(20)22-2)17(21)23-16(12)24(3,4)5/h6,13-14H,1,7-11H2,2-5H3/t13-,14-,18-/m0/s1. The first kappa shape index (κ1) is 17.3. The number of allylic oxidation sites excluding steroid dienone is 1. The lowest BCUT2D eigenvalue weighted by atomic mass is 9.76. The van der Waals surface area contributed by atoms with E-state index in [0.717, 1.165) is 31.1 Å². The molecule has 0 unspecified atom stereocenters. The Kier molecular flexibility index (Phi) is 4.14. The molecule has 2 heterocycles. The molecule has 0 aromatic carbocycles. The summed E-state index contributed by atoms with van der Waals surface area (Å²) in [5.74, 6) is -0.338. The van der Waals surface area contributed by atoms with Crippen LogP contribution >= 0.6 is 0 Å². The quantitative estimate of drug-likeness (QED) is 0.432. The van der Waals surface area contributed by atoms with Gasteiger partial charge >= 0.3 is 12.1 Å². The van der Waals surface area contributed by atoms with Crippen molar-refractivity contribution in [2.45, 2.75) is 63.8 Å². The van der Waals surface area contributed by atoms with E-state index in [1.54, 1.807) is 4.90 Å². The summed E-state index contributed by atoms with van der Waals surface area (Å²) in [5, 5.41) is 0.930. The van der Waals surface area contributed by atoms with Gasteiger partial charge in [0.2, 0.25) is 0 Å². The predicted octanol–water partition coefficient (Wildman–Crippen LogP) is 3.63. The van der Waals surface area contributed by atoms with Gasteiger partial charge in [0.25, 0.3) is 0 Å². The average molecular weight is 350 g/mol. The van der Waals surface area contributed by atoms with Crippen LogP contribution in [0.25, 0.3) is 0 Å². The maximum Gasteiger partial charge on any atom is 0.415 e. The van der Waals surface area contributed by atoms with Crippen LogP contribution in [0.15, 0.2) is 23.6 Å². The highest BCUT2D eigenvalue weighted by Gasteiger charge is 2.63. The number of carbonyl (C=O) groups excluding carboxylic acids is 2. The monoisotopic (exact) mass is 349 g/mol. The van der Waals surface area contributed by atoms with Crippen molar-refractivity contribution in [2.24, 2.45) is 5.41 Å². The van der Waals surface area contributed by atoms with E-state index in [9.17, 15) is 9.59 Å². The first-order valence-corrected chi connectivity index (χ1v) is 12.2. The Labute approximate surface area is 144 Å². The molecule has 1 amide bonds. The van der Waals surface area contributed by atoms with Crippen LogP contribution in [0, 0.1) is 5.41 Å².